The Morgan fingerprint density at radius 2 is 2.12 bits per heavy atom. The van der Waals surface area contributed by atoms with Gasteiger partial charge in [0.05, 0.1) is 5.25 Å². The number of fused-ring (bicyclic) bond motifs is 1. The standard InChI is InChI=1S/C18H24N4OS2/c1-12(2)11-19-17-20-21-18(25-17)24-13(3)16(23)22-10-6-8-14-7-4-5-9-15(14)22/h4-5,7,9,12-13H,6,8,10-11H2,1-3H3,(H,19,20). The first-order valence-electron chi connectivity index (χ1n) is 8.68. The number of thioether (sulfide) groups is 1. The smallest absolute Gasteiger partial charge is 0.240 e. The molecule has 1 amide bonds. The molecule has 1 N–H and O–H groups in total. The zero-order valence-corrected chi connectivity index (χ0v) is 16.5. The van der Waals surface area contributed by atoms with E-state index in [4.69, 9.17) is 0 Å². The SMILES string of the molecule is CC(C)CNc1nnc(SC(C)C(=O)N2CCCc3ccccc32)s1. The molecule has 1 atom stereocenters. The highest BCUT2D eigenvalue weighted by molar-refractivity contribution is 8.02. The van der Waals surface area contributed by atoms with Crippen molar-refractivity contribution in [3.8, 4) is 0 Å². The molecule has 1 aromatic carbocycles. The maximum absolute atomic E-state index is 12.9. The molecule has 0 aliphatic carbocycles. The fraction of sp³-hybridized carbons (Fsp3) is 0.500. The van der Waals surface area contributed by atoms with Crippen molar-refractivity contribution in [2.75, 3.05) is 23.3 Å². The van der Waals surface area contributed by atoms with Crippen LogP contribution in [0.5, 0.6) is 0 Å². The van der Waals surface area contributed by atoms with Crippen LogP contribution in [0.1, 0.15) is 32.8 Å². The van der Waals surface area contributed by atoms with Crippen LogP contribution < -0.4 is 10.2 Å². The fourth-order valence-corrected chi connectivity index (χ4v) is 4.77. The second-order valence-electron chi connectivity index (χ2n) is 6.63. The molecular formula is C18H24N4OS2. The van der Waals surface area contributed by atoms with E-state index < -0.39 is 0 Å². The predicted octanol–water partition coefficient (Wildman–Crippen LogP) is 4.07. The van der Waals surface area contributed by atoms with Gasteiger partial charge in [-0.1, -0.05) is 55.1 Å². The lowest BCUT2D eigenvalue weighted by molar-refractivity contribution is -0.117. The summed E-state index contributed by atoms with van der Waals surface area (Å²) in [5, 5.41) is 12.3. The molecular weight excluding hydrogens is 352 g/mol. The third-order valence-electron chi connectivity index (χ3n) is 4.07. The Bertz CT molecular complexity index is 731. The molecule has 2 heterocycles. The highest BCUT2D eigenvalue weighted by Gasteiger charge is 2.27. The largest absolute Gasteiger partial charge is 0.360 e. The lowest BCUT2D eigenvalue weighted by atomic mass is 10.0. The van der Waals surface area contributed by atoms with E-state index in [9.17, 15) is 4.79 Å². The van der Waals surface area contributed by atoms with E-state index in [-0.39, 0.29) is 11.2 Å². The zero-order chi connectivity index (χ0) is 17.8. The van der Waals surface area contributed by atoms with Crippen LogP contribution in [0.3, 0.4) is 0 Å². The first kappa shape index (κ1) is 18.2. The third-order valence-corrected chi connectivity index (χ3v) is 6.12. The summed E-state index contributed by atoms with van der Waals surface area (Å²) in [5.41, 5.74) is 2.32. The number of amides is 1. The van der Waals surface area contributed by atoms with Crippen LogP contribution in [-0.4, -0.2) is 34.4 Å². The molecule has 0 saturated carbocycles. The van der Waals surface area contributed by atoms with E-state index in [1.807, 2.05) is 30.0 Å². The number of nitrogens with zero attached hydrogens (tertiary/aromatic N) is 3. The first-order valence-corrected chi connectivity index (χ1v) is 10.4. The van der Waals surface area contributed by atoms with E-state index in [0.717, 1.165) is 41.1 Å². The van der Waals surface area contributed by atoms with Gasteiger partial charge in [0.1, 0.15) is 0 Å². The number of aromatic nitrogens is 2. The molecule has 0 saturated heterocycles. The summed E-state index contributed by atoms with van der Waals surface area (Å²) in [6.07, 6.45) is 2.06. The average Bonchev–Trinajstić information content (AvgIpc) is 3.06. The molecule has 25 heavy (non-hydrogen) atoms. The number of carbonyl (C=O) groups excluding carboxylic acids is 1. The number of hydrogen-bond acceptors (Lipinski definition) is 6. The van der Waals surface area contributed by atoms with Crippen LogP contribution in [0.4, 0.5) is 10.8 Å². The molecule has 2 aromatic rings. The van der Waals surface area contributed by atoms with Gasteiger partial charge in [0.2, 0.25) is 11.0 Å². The quantitative estimate of drug-likeness (QED) is 0.770. The van der Waals surface area contributed by atoms with Crippen molar-refractivity contribution in [3.05, 3.63) is 29.8 Å². The van der Waals surface area contributed by atoms with Crippen LogP contribution in [-0.2, 0) is 11.2 Å². The molecule has 5 nitrogen and oxygen atoms in total. The number of anilines is 2. The monoisotopic (exact) mass is 376 g/mol. The topological polar surface area (TPSA) is 58.1 Å². The first-order chi connectivity index (χ1) is 12.0. The van der Waals surface area contributed by atoms with E-state index >= 15 is 0 Å². The minimum absolute atomic E-state index is 0.143. The molecule has 0 bridgehead atoms. The number of rotatable bonds is 6. The summed E-state index contributed by atoms with van der Waals surface area (Å²) >= 11 is 3.00. The van der Waals surface area contributed by atoms with E-state index in [0.29, 0.717) is 5.92 Å². The maximum Gasteiger partial charge on any atom is 0.240 e. The van der Waals surface area contributed by atoms with Gasteiger partial charge >= 0.3 is 0 Å². The molecule has 1 unspecified atom stereocenters. The Kier molecular flexibility index (Phi) is 5.96. The Morgan fingerprint density at radius 1 is 1.32 bits per heavy atom. The Morgan fingerprint density at radius 3 is 2.92 bits per heavy atom. The lowest BCUT2D eigenvalue weighted by Gasteiger charge is -2.31. The molecule has 0 fully saturated rings. The maximum atomic E-state index is 12.9. The number of benzene rings is 1. The van der Waals surface area contributed by atoms with Crippen LogP contribution in [0.2, 0.25) is 0 Å². The highest BCUT2D eigenvalue weighted by atomic mass is 32.2. The van der Waals surface area contributed by atoms with E-state index in [1.165, 1.54) is 28.7 Å². The van der Waals surface area contributed by atoms with Gasteiger partial charge in [0.25, 0.3) is 0 Å². The van der Waals surface area contributed by atoms with Crippen LogP contribution in [0.25, 0.3) is 0 Å². The summed E-state index contributed by atoms with van der Waals surface area (Å²) in [5.74, 6) is 0.698. The zero-order valence-electron chi connectivity index (χ0n) is 14.9. The van der Waals surface area contributed by atoms with Gasteiger partial charge in [0.15, 0.2) is 4.34 Å². The summed E-state index contributed by atoms with van der Waals surface area (Å²) in [7, 11) is 0. The van der Waals surface area contributed by atoms with Gasteiger partial charge in [0, 0.05) is 18.8 Å². The number of nitrogens with one attached hydrogen (secondary N) is 1. The van der Waals surface area contributed by atoms with Gasteiger partial charge in [-0.05, 0) is 37.3 Å². The highest BCUT2D eigenvalue weighted by Crippen LogP contribution is 2.33. The van der Waals surface area contributed by atoms with Crippen molar-refractivity contribution < 1.29 is 4.79 Å². The van der Waals surface area contributed by atoms with Crippen molar-refractivity contribution >= 4 is 39.8 Å². The second-order valence-corrected chi connectivity index (χ2v) is 9.20. The number of para-hydroxylation sites is 1. The van der Waals surface area contributed by atoms with Crippen molar-refractivity contribution in [1.29, 1.82) is 0 Å². The second kappa shape index (κ2) is 8.19. The summed E-state index contributed by atoms with van der Waals surface area (Å²) < 4.78 is 0.831. The Balaban J connectivity index is 1.64. The fourth-order valence-electron chi connectivity index (χ4n) is 2.80. The molecule has 0 spiro atoms. The Labute approximate surface area is 157 Å². The normalized spacial score (nSPS) is 15.1. The summed E-state index contributed by atoms with van der Waals surface area (Å²) in [6, 6.07) is 8.20. The average molecular weight is 377 g/mol. The molecule has 7 heteroatoms. The van der Waals surface area contributed by atoms with Gasteiger partial charge < -0.3 is 10.2 Å². The van der Waals surface area contributed by atoms with Gasteiger partial charge in [-0.25, -0.2) is 0 Å². The molecule has 1 aliphatic heterocycles. The number of aryl methyl sites for hydroxylation is 1. The van der Waals surface area contributed by atoms with Crippen LogP contribution >= 0.6 is 23.1 Å². The van der Waals surface area contributed by atoms with Gasteiger partial charge in [-0.2, -0.15) is 0 Å². The lowest BCUT2D eigenvalue weighted by Crippen LogP contribution is -2.40. The predicted molar refractivity (Wildman–Crippen MR) is 106 cm³/mol. The van der Waals surface area contributed by atoms with Crippen LogP contribution in [0, 0.1) is 5.92 Å². The van der Waals surface area contributed by atoms with Crippen molar-refractivity contribution in [3.63, 3.8) is 0 Å². The van der Waals surface area contributed by atoms with Crippen molar-refractivity contribution in [1.82, 2.24) is 10.2 Å². The van der Waals surface area contributed by atoms with Gasteiger partial charge in [-0.15, -0.1) is 10.2 Å². The summed E-state index contributed by atoms with van der Waals surface area (Å²) in [4.78, 5) is 14.9. The molecule has 3 rings (SSSR count). The van der Waals surface area contributed by atoms with Crippen molar-refractivity contribution in [2.24, 2.45) is 5.92 Å². The van der Waals surface area contributed by atoms with Crippen LogP contribution in [0.15, 0.2) is 28.6 Å². The van der Waals surface area contributed by atoms with Crippen molar-refractivity contribution in [2.45, 2.75) is 43.2 Å². The summed E-state index contributed by atoms with van der Waals surface area (Å²) in [6.45, 7) is 7.92. The minimum atomic E-state index is -0.183. The van der Waals surface area contributed by atoms with E-state index in [2.05, 4.69) is 35.4 Å². The van der Waals surface area contributed by atoms with Gasteiger partial charge in [-0.3, -0.25) is 4.79 Å². The number of hydrogen-bond donors (Lipinski definition) is 1. The molecule has 1 aromatic heterocycles. The van der Waals surface area contributed by atoms with E-state index in [1.54, 1.807) is 0 Å². The minimum Gasteiger partial charge on any atom is -0.360 e. The molecule has 134 valence electrons. The molecule has 1 aliphatic rings. The molecule has 0 radical (unpaired) electrons. The third kappa shape index (κ3) is 4.52. The Hall–Kier alpha value is -1.60. The number of carbonyl (C=O) groups is 1.